The highest BCUT2D eigenvalue weighted by Gasteiger charge is 2.29. The van der Waals surface area contributed by atoms with Crippen LogP contribution in [0.25, 0.3) is 0 Å². The quantitative estimate of drug-likeness (QED) is 0.838. The molecule has 132 valence electrons. The van der Waals surface area contributed by atoms with Gasteiger partial charge in [-0.3, -0.25) is 24.4 Å². The lowest BCUT2D eigenvalue weighted by Gasteiger charge is -2.16. The molecule has 0 radical (unpaired) electrons. The zero-order chi connectivity index (χ0) is 17.4. The fraction of sp³-hybridized carbons (Fsp3) is 0.529. The Morgan fingerprint density at radius 1 is 1.20 bits per heavy atom. The van der Waals surface area contributed by atoms with Crippen LogP contribution in [0.1, 0.15) is 23.9 Å². The number of rotatable bonds is 4. The Bertz CT molecular complexity index is 774. The third-order valence-electron chi connectivity index (χ3n) is 5.09. The number of hydrogen-bond acceptors (Lipinski definition) is 5. The smallest absolute Gasteiger partial charge is 0.324 e. The molecule has 1 atom stereocenters. The molecule has 2 amide bonds. The molecule has 0 saturated carbocycles. The van der Waals surface area contributed by atoms with Gasteiger partial charge in [0, 0.05) is 58.4 Å². The van der Waals surface area contributed by atoms with Crippen molar-refractivity contribution in [3.05, 3.63) is 36.2 Å². The van der Waals surface area contributed by atoms with E-state index >= 15 is 0 Å². The van der Waals surface area contributed by atoms with Gasteiger partial charge in [0.25, 0.3) is 0 Å². The minimum Gasteiger partial charge on any atom is -0.326 e. The first-order valence-electron chi connectivity index (χ1n) is 8.67. The second-order valence-corrected chi connectivity index (χ2v) is 6.80. The predicted molar refractivity (Wildman–Crippen MR) is 93.3 cm³/mol. The number of likely N-dealkylation sites (N-methyl/N-ethyl adjacent to an activating group) is 1. The van der Waals surface area contributed by atoms with Crippen LogP contribution >= 0.6 is 0 Å². The minimum absolute atomic E-state index is 0.0470. The maximum atomic E-state index is 12.1. The molecule has 2 saturated heterocycles. The Kier molecular flexibility index (Phi) is 4.12. The molecule has 0 bridgehead atoms. The average molecular weight is 341 g/mol. The zero-order valence-corrected chi connectivity index (χ0v) is 14.7. The van der Waals surface area contributed by atoms with Crippen molar-refractivity contribution in [2.45, 2.75) is 25.9 Å². The standard InChI is InChI=1S/C17H23N7O/c1-13-16(19-5-4-18-13)12-22-6-3-14(10-22)24-11-15(9-20-24)23-8-7-21(2)17(23)25/h4-5,9,11,14H,3,6-8,10,12H2,1-2H3. The molecule has 25 heavy (non-hydrogen) atoms. The van der Waals surface area contributed by atoms with Crippen molar-refractivity contribution in [2.75, 3.05) is 38.1 Å². The molecule has 2 aliphatic rings. The van der Waals surface area contributed by atoms with Gasteiger partial charge in [-0.2, -0.15) is 5.10 Å². The first kappa shape index (κ1) is 16.0. The van der Waals surface area contributed by atoms with Crippen LogP contribution in [-0.2, 0) is 6.54 Å². The van der Waals surface area contributed by atoms with Gasteiger partial charge < -0.3 is 4.90 Å². The fourth-order valence-electron chi connectivity index (χ4n) is 3.53. The molecule has 8 nitrogen and oxygen atoms in total. The minimum atomic E-state index is 0.0470. The topological polar surface area (TPSA) is 70.4 Å². The van der Waals surface area contributed by atoms with E-state index in [2.05, 4.69) is 20.0 Å². The SMILES string of the molecule is Cc1nccnc1CN1CCC(n2cc(N3CCN(C)C3=O)cn2)C1. The fourth-order valence-corrected chi connectivity index (χ4v) is 3.53. The highest BCUT2D eigenvalue weighted by atomic mass is 16.2. The lowest BCUT2D eigenvalue weighted by Crippen LogP contribution is -2.28. The second kappa shape index (κ2) is 6.44. The van der Waals surface area contributed by atoms with E-state index in [-0.39, 0.29) is 6.03 Å². The lowest BCUT2D eigenvalue weighted by atomic mass is 10.3. The van der Waals surface area contributed by atoms with Crippen LogP contribution in [0.5, 0.6) is 0 Å². The summed E-state index contributed by atoms with van der Waals surface area (Å²) in [5, 5.41) is 4.51. The molecular weight excluding hydrogens is 318 g/mol. The van der Waals surface area contributed by atoms with E-state index in [0.717, 1.165) is 56.2 Å². The lowest BCUT2D eigenvalue weighted by molar-refractivity contribution is 0.229. The van der Waals surface area contributed by atoms with E-state index in [1.165, 1.54) is 0 Å². The van der Waals surface area contributed by atoms with Gasteiger partial charge in [0.05, 0.1) is 29.3 Å². The van der Waals surface area contributed by atoms with Crippen LogP contribution in [0.3, 0.4) is 0 Å². The van der Waals surface area contributed by atoms with Crippen molar-refractivity contribution < 1.29 is 4.79 Å². The van der Waals surface area contributed by atoms with Gasteiger partial charge in [0.15, 0.2) is 0 Å². The van der Waals surface area contributed by atoms with Crippen LogP contribution in [0.4, 0.5) is 10.5 Å². The Hall–Kier alpha value is -2.48. The van der Waals surface area contributed by atoms with Crippen molar-refractivity contribution in [3.8, 4) is 0 Å². The summed E-state index contributed by atoms with van der Waals surface area (Å²) in [5.41, 5.74) is 2.91. The summed E-state index contributed by atoms with van der Waals surface area (Å²) in [6.45, 7) is 6.26. The number of hydrogen-bond donors (Lipinski definition) is 0. The van der Waals surface area contributed by atoms with E-state index < -0.39 is 0 Å². The van der Waals surface area contributed by atoms with E-state index in [1.807, 2.05) is 24.9 Å². The Morgan fingerprint density at radius 2 is 2.04 bits per heavy atom. The summed E-state index contributed by atoms with van der Waals surface area (Å²) < 4.78 is 2.00. The van der Waals surface area contributed by atoms with Crippen LogP contribution in [0.15, 0.2) is 24.8 Å². The zero-order valence-electron chi connectivity index (χ0n) is 14.7. The largest absolute Gasteiger partial charge is 0.326 e. The number of urea groups is 1. The maximum absolute atomic E-state index is 12.1. The molecule has 0 spiro atoms. The van der Waals surface area contributed by atoms with Gasteiger partial charge in [-0.15, -0.1) is 0 Å². The van der Waals surface area contributed by atoms with Gasteiger partial charge in [-0.25, -0.2) is 4.79 Å². The van der Waals surface area contributed by atoms with E-state index in [9.17, 15) is 4.79 Å². The summed E-state index contributed by atoms with van der Waals surface area (Å²) in [6.07, 6.45) is 8.33. The van der Waals surface area contributed by atoms with Gasteiger partial charge in [-0.1, -0.05) is 0 Å². The molecule has 1 unspecified atom stereocenters. The Balaban J connectivity index is 1.41. The summed E-state index contributed by atoms with van der Waals surface area (Å²) >= 11 is 0. The molecule has 2 aromatic rings. The molecule has 0 aliphatic carbocycles. The number of aryl methyl sites for hydroxylation is 1. The van der Waals surface area contributed by atoms with Crippen molar-refractivity contribution in [2.24, 2.45) is 0 Å². The number of nitrogens with zero attached hydrogens (tertiary/aromatic N) is 7. The summed E-state index contributed by atoms with van der Waals surface area (Å²) in [5.74, 6) is 0. The molecular formula is C17H23N7O. The highest BCUT2D eigenvalue weighted by molar-refractivity contribution is 5.93. The van der Waals surface area contributed by atoms with E-state index in [0.29, 0.717) is 6.04 Å². The average Bonchev–Trinajstić information content (AvgIpc) is 3.32. The number of carbonyl (C=O) groups excluding carboxylic acids is 1. The van der Waals surface area contributed by atoms with Crippen LogP contribution in [-0.4, -0.2) is 68.8 Å². The molecule has 0 aromatic carbocycles. The highest BCUT2D eigenvalue weighted by Crippen LogP contribution is 2.26. The normalized spacial score (nSPS) is 21.5. The summed E-state index contributed by atoms with van der Waals surface area (Å²) in [6, 6.07) is 0.381. The molecule has 8 heteroatoms. The van der Waals surface area contributed by atoms with Gasteiger partial charge >= 0.3 is 6.03 Å². The Labute approximate surface area is 147 Å². The Morgan fingerprint density at radius 3 is 2.80 bits per heavy atom. The van der Waals surface area contributed by atoms with Crippen molar-refractivity contribution >= 4 is 11.7 Å². The third-order valence-corrected chi connectivity index (χ3v) is 5.09. The van der Waals surface area contributed by atoms with E-state index in [1.54, 1.807) is 28.4 Å². The predicted octanol–water partition coefficient (Wildman–Crippen LogP) is 1.30. The van der Waals surface area contributed by atoms with Gasteiger partial charge in [-0.05, 0) is 13.3 Å². The molecule has 0 N–H and O–H groups in total. The van der Waals surface area contributed by atoms with Crippen LogP contribution < -0.4 is 4.90 Å². The molecule has 2 aliphatic heterocycles. The van der Waals surface area contributed by atoms with Crippen molar-refractivity contribution in [1.82, 2.24) is 29.5 Å². The van der Waals surface area contributed by atoms with Gasteiger partial charge in [0.2, 0.25) is 0 Å². The third kappa shape index (κ3) is 3.09. The molecule has 2 aromatic heterocycles. The first-order valence-corrected chi connectivity index (χ1v) is 8.67. The molecule has 2 fully saturated rings. The number of carbonyl (C=O) groups is 1. The summed E-state index contributed by atoms with van der Waals surface area (Å²) in [7, 11) is 1.83. The van der Waals surface area contributed by atoms with Crippen molar-refractivity contribution in [1.29, 1.82) is 0 Å². The molecule has 4 heterocycles. The maximum Gasteiger partial charge on any atom is 0.324 e. The monoisotopic (exact) mass is 341 g/mol. The van der Waals surface area contributed by atoms with Crippen LogP contribution in [0, 0.1) is 6.92 Å². The second-order valence-electron chi connectivity index (χ2n) is 6.80. The number of anilines is 1. The van der Waals surface area contributed by atoms with Gasteiger partial charge in [0.1, 0.15) is 0 Å². The first-order chi connectivity index (χ1) is 12.1. The number of likely N-dealkylation sites (tertiary alicyclic amines) is 1. The number of amides is 2. The van der Waals surface area contributed by atoms with Crippen molar-refractivity contribution in [3.63, 3.8) is 0 Å². The summed E-state index contributed by atoms with van der Waals surface area (Å²) in [4.78, 5) is 26.8. The van der Waals surface area contributed by atoms with E-state index in [4.69, 9.17) is 0 Å². The van der Waals surface area contributed by atoms with Crippen LogP contribution in [0.2, 0.25) is 0 Å². The molecule has 4 rings (SSSR count). The number of aromatic nitrogens is 4.